The number of nitrogens with two attached hydrogens (primary N) is 2. The summed E-state index contributed by atoms with van der Waals surface area (Å²) in [6.45, 7) is 1.79. The summed E-state index contributed by atoms with van der Waals surface area (Å²) < 4.78 is 35.4. The lowest BCUT2D eigenvalue weighted by molar-refractivity contribution is -0.154. The monoisotopic (exact) mass is 542 g/mol. The third-order valence-corrected chi connectivity index (χ3v) is 7.81. The van der Waals surface area contributed by atoms with Crippen molar-refractivity contribution in [2.75, 3.05) is 6.61 Å². The summed E-state index contributed by atoms with van der Waals surface area (Å²) in [6.07, 6.45) is 1.86. The van der Waals surface area contributed by atoms with E-state index in [1.807, 2.05) is 6.92 Å². The Labute approximate surface area is 190 Å². The molecule has 0 heterocycles. The second-order valence-electron chi connectivity index (χ2n) is 8.19. The van der Waals surface area contributed by atoms with Gasteiger partial charge in [-0.05, 0) is 91.4 Å². The van der Waals surface area contributed by atoms with E-state index in [0.717, 1.165) is 0 Å². The molecule has 2 aromatic carbocycles. The molecule has 0 amide bonds. The van der Waals surface area contributed by atoms with E-state index >= 15 is 0 Å². The van der Waals surface area contributed by atoms with Crippen LogP contribution in [0.4, 0.5) is 8.78 Å². The van der Waals surface area contributed by atoms with Crippen molar-refractivity contribution in [1.29, 1.82) is 0 Å². The topological polar surface area (TPSA) is 78.3 Å². The smallest absolute Gasteiger partial charge is 0.331 e. The standard InChI is InChI=1S/C22H22Br2F2N2O2/c1-2-11-9-13-15(4-6-17(24)19(13)26)22(11,28)20(29)30-10-21(27)8-7-12-14(21)3-5-16(23)18(12)25/h3-6,11H,2,7-10,27-28H2,1H3/t11?,21-,22?/m1/s1. The van der Waals surface area contributed by atoms with Crippen molar-refractivity contribution in [2.24, 2.45) is 17.4 Å². The van der Waals surface area contributed by atoms with E-state index in [-0.39, 0.29) is 18.3 Å². The second kappa shape index (κ2) is 7.65. The summed E-state index contributed by atoms with van der Waals surface area (Å²) in [5, 5.41) is 0. The van der Waals surface area contributed by atoms with Crippen LogP contribution in [0.1, 0.15) is 42.0 Å². The molecule has 0 saturated heterocycles. The molecular weight excluding hydrogens is 522 g/mol. The predicted octanol–water partition coefficient (Wildman–Crippen LogP) is 4.57. The van der Waals surface area contributed by atoms with E-state index in [0.29, 0.717) is 56.9 Å². The first-order chi connectivity index (χ1) is 14.1. The summed E-state index contributed by atoms with van der Waals surface area (Å²) in [7, 11) is 0. The maximum absolute atomic E-state index is 14.6. The Morgan fingerprint density at radius 1 is 1.10 bits per heavy atom. The Balaban J connectivity index is 1.61. The molecule has 0 spiro atoms. The highest BCUT2D eigenvalue weighted by molar-refractivity contribution is 9.10. The first-order valence-corrected chi connectivity index (χ1v) is 11.4. The highest BCUT2D eigenvalue weighted by atomic mass is 79.9. The number of hydrogen-bond acceptors (Lipinski definition) is 4. The summed E-state index contributed by atoms with van der Waals surface area (Å²) in [5.41, 5.74) is 12.7. The number of carbonyl (C=O) groups is 1. The number of esters is 1. The van der Waals surface area contributed by atoms with Gasteiger partial charge < -0.3 is 16.2 Å². The van der Waals surface area contributed by atoms with Gasteiger partial charge in [-0.3, -0.25) is 0 Å². The van der Waals surface area contributed by atoms with E-state index in [1.54, 1.807) is 24.3 Å². The van der Waals surface area contributed by atoms with Crippen LogP contribution >= 0.6 is 31.9 Å². The van der Waals surface area contributed by atoms with Gasteiger partial charge in [0.1, 0.15) is 23.8 Å². The molecule has 0 bridgehead atoms. The van der Waals surface area contributed by atoms with Gasteiger partial charge in [0, 0.05) is 0 Å². The Morgan fingerprint density at radius 3 is 2.33 bits per heavy atom. The van der Waals surface area contributed by atoms with Crippen LogP contribution in [0.15, 0.2) is 33.2 Å². The molecule has 2 aromatic rings. The van der Waals surface area contributed by atoms with E-state index in [1.165, 1.54) is 0 Å². The normalized spacial score (nSPS) is 27.1. The molecule has 2 unspecified atom stereocenters. The molecule has 0 aliphatic heterocycles. The average Bonchev–Trinajstić information content (AvgIpc) is 3.22. The van der Waals surface area contributed by atoms with Gasteiger partial charge in [0.25, 0.3) is 0 Å². The number of rotatable bonds is 4. The van der Waals surface area contributed by atoms with E-state index in [4.69, 9.17) is 16.2 Å². The third kappa shape index (κ3) is 3.15. The van der Waals surface area contributed by atoms with Crippen LogP contribution < -0.4 is 11.5 Å². The minimum absolute atomic E-state index is 0.121. The summed E-state index contributed by atoms with van der Waals surface area (Å²) in [4.78, 5) is 13.2. The van der Waals surface area contributed by atoms with Gasteiger partial charge in [0.15, 0.2) is 0 Å². The van der Waals surface area contributed by atoms with Crippen molar-refractivity contribution < 1.29 is 18.3 Å². The Bertz CT molecular complexity index is 1050. The minimum atomic E-state index is -1.45. The quantitative estimate of drug-likeness (QED) is 0.554. The average molecular weight is 544 g/mol. The zero-order chi connectivity index (χ0) is 21.8. The van der Waals surface area contributed by atoms with Gasteiger partial charge in [-0.15, -0.1) is 0 Å². The number of ether oxygens (including phenoxy) is 1. The maximum atomic E-state index is 14.6. The zero-order valence-corrected chi connectivity index (χ0v) is 19.6. The van der Waals surface area contributed by atoms with Crippen molar-refractivity contribution in [3.8, 4) is 0 Å². The first kappa shape index (κ1) is 21.9. The summed E-state index contributed by atoms with van der Waals surface area (Å²) in [5.74, 6) is -1.65. The summed E-state index contributed by atoms with van der Waals surface area (Å²) in [6, 6.07) is 6.59. The predicted molar refractivity (Wildman–Crippen MR) is 117 cm³/mol. The van der Waals surface area contributed by atoms with Crippen molar-refractivity contribution in [2.45, 2.75) is 43.7 Å². The Kier molecular flexibility index (Phi) is 5.58. The minimum Gasteiger partial charge on any atom is -0.462 e. The van der Waals surface area contributed by atoms with Crippen LogP contribution in [-0.2, 0) is 33.5 Å². The SMILES string of the molecule is CCC1Cc2c(ccc(Br)c2F)C1(N)C(=O)OC[C@]1(N)CCc2c1ccc(Br)c2F. The maximum Gasteiger partial charge on any atom is 0.331 e. The number of hydrogen-bond donors (Lipinski definition) is 2. The molecule has 4 nitrogen and oxygen atoms in total. The van der Waals surface area contributed by atoms with Crippen molar-refractivity contribution in [1.82, 2.24) is 0 Å². The van der Waals surface area contributed by atoms with E-state index in [9.17, 15) is 13.6 Å². The molecule has 4 N–H and O–H groups in total. The fourth-order valence-electron chi connectivity index (χ4n) is 4.80. The fraction of sp³-hybridized carbons (Fsp3) is 0.409. The van der Waals surface area contributed by atoms with E-state index < -0.39 is 22.9 Å². The molecule has 2 aliphatic rings. The third-order valence-electron chi connectivity index (χ3n) is 6.58. The molecule has 0 radical (unpaired) electrons. The van der Waals surface area contributed by atoms with Crippen molar-refractivity contribution in [3.05, 3.63) is 67.1 Å². The van der Waals surface area contributed by atoms with Crippen LogP contribution in [0.25, 0.3) is 0 Å². The highest BCUT2D eigenvalue weighted by Crippen LogP contribution is 2.45. The fourth-order valence-corrected chi connectivity index (χ4v) is 5.54. The number of halogens is 4. The lowest BCUT2D eigenvalue weighted by Crippen LogP contribution is -2.51. The van der Waals surface area contributed by atoms with Gasteiger partial charge in [0.2, 0.25) is 0 Å². The van der Waals surface area contributed by atoms with Crippen LogP contribution in [0.2, 0.25) is 0 Å². The van der Waals surface area contributed by atoms with Gasteiger partial charge in [-0.25, -0.2) is 13.6 Å². The lowest BCUT2D eigenvalue weighted by Gasteiger charge is -2.32. The number of fused-ring (bicyclic) bond motifs is 2. The van der Waals surface area contributed by atoms with E-state index in [2.05, 4.69) is 31.9 Å². The Hall–Kier alpha value is -1.35. The van der Waals surface area contributed by atoms with Crippen LogP contribution in [-0.4, -0.2) is 12.6 Å². The molecular formula is C22H22Br2F2N2O2. The molecule has 0 fully saturated rings. The summed E-state index contributed by atoms with van der Waals surface area (Å²) >= 11 is 6.38. The molecule has 160 valence electrons. The Morgan fingerprint density at radius 2 is 1.70 bits per heavy atom. The lowest BCUT2D eigenvalue weighted by atomic mass is 9.83. The first-order valence-electron chi connectivity index (χ1n) is 9.83. The second-order valence-corrected chi connectivity index (χ2v) is 9.89. The van der Waals surface area contributed by atoms with Crippen LogP contribution in [0.5, 0.6) is 0 Å². The van der Waals surface area contributed by atoms with Crippen LogP contribution in [0.3, 0.4) is 0 Å². The molecule has 30 heavy (non-hydrogen) atoms. The molecule has 3 atom stereocenters. The van der Waals surface area contributed by atoms with Crippen molar-refractivity contribution in [3.63, 3.8) is 0 Å². The van der Waals surface area contributed by atoms with Crippen molar-refractivity contribution >= 4 is 37.8 Å². The molecule has 0 saturated carbocycles. The van der Waals surface area contributed by atoms with Gasteiger partial charge >= 0.3 is 5.97 Å². The highest BCUT2D eigenvalue weighted by Gasteiger charge is 2.52. The number of carbonyl (C=O) groups excluding carboxylic acids is 1. The zero-order valence-electron chi connectivity index (χ0n) is 16.4. The molecule has 2 aliphatic carbocycles. The molecule has 0 aromatic heterocycles. The van der Waals surface area contributed by atoms with Crippen LogP contribution in [0, 0.1) is 17.6 Å². The molecule has 8 heteroatoms. The molecule has 4 rings (SSSR count). The van der Waals surface area contributed by atoms with Gasteiger partial charge in [-0.2, -0.15) is 0 Å². The van der Waals surface area contributed by atoms with Gasteiger partial charge in [0.05, 0.1) is 14.5 Å². The largest absolute Gasteiger partial charge is 0.462 e. The number of benzene rings is 2. The van der Waals surface area contributed by atoms with Gasteiger partial charge in [-0.1, -0.05) is 25.5 Å².